The van der Waals surface area contributed by atoms with Gasteiger partial charge in [0.2, 0.25) is 11.8 Å². The van der Waals surface area contributed by atoms with Crippen LogP contribution in [0.25, 0.3) is 0 Å². The summed E-state index contributed by atoms with van der Waals surface area (Å²) in [4.78, 5) is 40.3. The fraction of sp³-hybridized carbons (Fsp3) is 0.500. The lowest BCUT2D eigenvalue weighted by Gasteiger charge is -2.33. The number of nitrogens with zero attached hydrogens (tertiary/aromatic N) is 2. The summed E-state index contributed by atoms with van der Waals surface area (Å²) in [6.45, 7) is 2.57. The van der Waals surface area contributed by atoms with Crippen molar-refractivity contribution >= 4 is 23.7 Å². The molecule has 5 N–H and O–H groups in total. The molecule has 1 saturated heterocycles. The predicted molar refractivity (Wildman–Crippen MR) is 108 cm³/mol. The molecule has 0 aliphatic carbocycles. The summed E-state index contributed by atoms with van der Waals surface area (Å²) in [6, 6.07) is 3.31. The number of nitrogens with one attached hydrogen (secondary N) is 1. The second kappa shape index (κ2) is 10.3. The number of piperidine rings is 1. The van der Waals surface area contributed by atoms with Crippen molar-refractivity contribution in [1.29, 1.82) is 0 Å². The summed E-state index contributed by atoms with van der Waals surface area (Å²) < 4.78 is 41.0. The van der Waals surface area contributed by atoms with Gasteiger partial charge in [-0.3, -0.25) is 14.4 Å². The summed E-state index contributed by atoms with van der Waals surface area (Å²) in [5, 5.41) is 2.62. The van der Waals surface area contributed by atoms with Crippen molar-refractivity contribution < 1.29 is 27.6 Å². The van der Waals surface area contributed by atoms with Crippen LogP contribution in [0.2, 0.25) is 0 Å². The lowest BCUT2D eigenvalue weighted by molar-refractivity contribution is -0.139. The lowest BCUT2D eigenvalue weighted by atomic mass is 9.85. The van der Waals surface area contributed by atoms with Crippen molar-refractivity contribution in [3.63, 3.8) is 0 Å². The zero-order chi connectivity index (χ0) is 23.2. The molecule has 0 aromatic heterocycles. The molecule has 8 nitrogen and oxygen atoms in total. The molecule has 1 heterocycles. The minimum atomic E-state index is -4.66. The Kier molecular flexibility index (Phi) is 8.01. The Labute approximate surface area is 177 Å². The molecule has 31 heavy (non-hydrogen) atoms. The fourth-order valence-electron chi connectivity index (χ4n) is 3.50. The second-order valence-electron chi connectivity index (χ2n) is 7.25. The predicted octanol–water partition coefficient (Wildman–Crippen LogP) is 1.74. The van der Waals surface area contributed by atoms with Gasteiger partial charge in [-0.05, 0) is 36.5 Å². The van der Waals surface area contributed by atoms with Gasteiger partial charge in [0.15, 0.2) is 5.96 Å². The summed E-state index contributed by atoms with van der Waals surface area (Å²) in [7, 11) is 0. The fourth-order valence-corrected chi connectivity index (χ4v) is 3.50. The standard InChI is InChI=1S/C20H26F3N5O3/c1-2-16(29)26-8-5-17(30)28-9-6-12(7-10-28)14-4-3-13(18(31)27-19(24)25)11-15(14)20(21,22)23/h3-4,11-12H,2,5-10H2,1H3,(H,26,29)(H4,24,25,27,31). The Morgan fingerprint density at radius 2 is 1.84 bits per heavy atom. The van der Waals surface area contributed by atoms with E-state index in [1.165, 1.54) is 12.1 Å². The van der Waals surface area contributed by atoms with Crippen LogP contribution in [-0.4, -0.2) is 48.2 Å². The number of nitrogens with two attached hydrogens (primary N) is 2. The molecule has 1 fully saturated rings. The maximum absolute atomic E-state index is 13.7. The number of aliphatic imine (C=N–C) groups is 1. The molecule has 0 radical (unpaired) electrons. The third-order valence-corrected chi connectivity index (χ3v) is 5.11. The van der Waals surface area contributed by atoms with E-state index in [1.54, 1.807) is 11.8 Å². The SMILES string of the molecule is CCC(=O)NCCC(=O)N1CCC(c2ccc(C(=O)N=C(N)N)cc2C(F)(F)F)CC1. The van der Waals surface area contributed by atoms with Gasteiger partial charge < -0.3 is 21.7 Å². The maximum Gasteiger partial charge on any atom is 0.416 e. The highest BCUT2D eigenvalue weighted by Crippen LogP contribution is 2.39. The first-order valence-corrected chi connectivity index (χ1v) is 9.92. The Bertz CT molecular complexity index is 858. The maximum atomic E-state index is 13.7. The number of hydrogen-bond donors (Lipinski definition) is 3. The van der Waals surface area contributed by atoms with Gasteiger partial charge in [-0.25, -0.2) is 0 Å². The molecule has 0 spiro atoms. The molecular formula is C20H26F3N5O3. The van der Waals surface area contributed by atoms with Crippen molar-refractivity contribution in [2.75, 3.05) is 19.6 Å². The number of carbonyl (C=O) groups excluding carboxylic acids is 3. The van der Waals surface area contributed by atoms with Crippen molar-refractivity contribution in [3.8, 4) is 0 Å². The Hall–Kier alpha value is -3.11. The first-order valence-electron chi connectivity index (χ1n) is 9.92. The van der Waals surface area contributed by atoms with E-state index in [2.05, 4.69) is 10.3 Å². The molecule has 0 atom stereocenters. The molecule has 2 rings (SSSR count). The molecule has 1 aliphatic heterocycles. The van der Waals surface area contributed by atoms with Crippen LogP contribution >= 0.6 is 0 Å². The first kappa shape index (κ1) is 24.2. The summed E-state index contributed by atoms with van der Waals surface area (Å²) >= 11 is 0. The van der Waals surface area contributed by atoms with E-state index < -0.39 is 29.5 Å². The normalized spacial score (nSPS) is 14.8. The number of rotatable bonds is 6. The molecule has 0 unspecified atom stereocenters. The topological polar surface area (TPSA) is 131 Å². The van der Waals surface area contributed by atoms with E-state index in [0.717, 1.165) is 6.07 Å². The first-order chi connectivity index (χ1) is 14.5. The van der Waals surface area contributed by atoms with Crippen molar-refractivity contribution in [2.24, 2.45) is 16.5 Å². The molecule has 3 amide bonds. The van der Waals surface area contributed by atoms with Crippen LogP contribution in [0.1, 0.15) is 60.0 Å². The van der Waals surface area contributed by atoms with E-state index in [-0.39, 0.29) is 35.9 Å². The molecule has 1 aromatic carbocycles. The second-order valence-corrected chi connectivity index (χ2v) is 7.25. The quantitative estimate of drug-likeness (QED) is 0.457. The van der Waals surface area contributed by atoms with Crippen molar-refractivity contribution in [3.05, 3.63) is 34.9 Å². The van der Waals surface area contributed by atoms with E-state index in [4.69, 9.17) is 11.5 Å². The van der Waals surface area contributed by atoms with Gasteiger partial charge in [0, 0.05) is 38.0 Å². The number of hydrogen-bond acceptors (Lipinski definition) is 3. The number of carbonyl (C=O) groups is 3. The van der Waals surface area contributed by atoms with Gasteiger partial charge in [-0.15, -0.1) is 0 Å². The molecule has 1 aromatic rings. The summed E-state index contributed by atoms with van der Waals surface area (Å²) in [5.41, 5.74) is 9.16. The minimum Gasteiger partial charge on any atom is -0.370 e. The highest BCUT2D eigenvalue weighted by molar-refractivity contribution is 6.02. The van der Waals surface area contributed by atoms with Crippen LogP contribution in [-0.2, 0) is 15.8 Å². The van der Waals surface area contributed by atoms with Gasteiger partial charge in [0.25, 0.3) is 5.91 Å². The number of likely N-dealkylation sites (tertiary alicyclic amines) is 1. The minimum absolute atomic E-state index is 0.0797. The lowest BCUT2D eigenvalue weighted by Crippen LogP contribution is -2.39. The number of alkyl halides is 3. The van der Waals surface area contributed by atoms with Gasteiger partial charge in [0.1, 0.15) is 0 Å². The van der Waals surface area contributed by atoms with E-state index in [0.29, 0.717) is 32.4 Å². The highest BCUT2D eigenvalue weighted by atomic mass is 19.4. The van der Waals surface area contributed by atoms with Gasteiger partial charge in [0.05, 0.1) is 5.56 Å². The zero-order valence-electron chi connectivity index (χ0n) is 17.2. The van der Waals surface area contributed by atoms with E-state index in [1.807, 2.05) is 0 Å². The molecular weight excluding hydrogens is 415 g/mol. The smallest absolute Gasteiger partial charge is 0.370 e. The van der Waals surface area contributed by atoms with Crippen molar-refractivity contribution in [1.82, 2.24) is 10.2 Å². The van der Waals surface area contributed by atoms with E-state index >= 15 is 0 Å². The van der Waals surface area contributed by atoms with Crippen LogP contribution in [0.15, 0.2) is 23.2 Å². The van der Waals surface area contributed by atoms with E-state index in [9.17, 15) is 27.6 Å². The number of benzene rings is 1. The number of guanidine groups is 1. The Morgan fingerprint density at radius 1 is 1.19 bits per heavy atom. The van der Waals surface area contributed by atoms with Crippen LogP contribution < -0.4 is 16.8 Å². The summed E-state index contributed by atoms with van der Waals surface area (Å²) in [6.07, 6.45) is -3.47. The average molecular weight is 441 g/mol. The largest absolute Gasteiger partial charge is 0.416 e. The third-order valence-electron chi connectivity index (χ3n) is 5.11. The van der Waals surface area contributed by atoms with Gasteiger partial charge in [-0.2, -0.15) is 18.2 Å². The van der Waals surface area contributed by atoms with Crippen LogP contribution in [0.4, 0.5) is 13.2 Å². The molecule has 170 valence electrons. The Balaban J connectivity index is 2.09. The van der Waals surface area contributed by atoms with Crippen LogP contribution in [0.3, 0.4) is 0 Å². The zero-order valence-corrected chi connectivity index (χ0v) is 17.2. The highest BCUT2D eigenvalue weighted by Gasteiger charge is 2.37. The Morgan fingerprint density at radius 3 is 2.39 bits per heavy atom. The van der Waals surface area contributed by atoms with Crippen LogP contribution in [0.5, 0.6) is 0 Å². The molecule has 11 heteroatoms. The van der Waals surface area contributed by atoms with Crippen LogP contribution in [0, 0.1) is 0 Å². The van der Waals surface area contributed by atoms with Crippen molar-refractivity contribution in [2.45, 2.75) is 44.7 Å². The molecule has 0 saturated carbocycles. The van der Waals surface area contributed by atoms with Gasteiger partial charge in [-0.1, -0.05) is 13.0 Å². The average Bonchev–Trinajstić information content (AvgIpc) is 2.72. The molecule has 0 bridgehead atoms. The van der Waals surface area contributed by atoms with Gasteiger partial charge >= 0.3 is 6.18 Å². The molecule has 1 aliphatic rings. The third kappa shape index (κ3) is 6.69. The monoisotopic (exact) mass is 441 g/mol. The number of amides is 3. The number of halogens is 3. The summed E-state index contributed by atoms with van der Waals surface area (Å²) in [5.74, 6) is -2.19.